The number of aliphatic carboxylic acids is 1. The van der Waals surface area contributed by atoms with Gasteiger partial charge in [0.15, 0.2) is 0 Å². The molecule has 0 saturated heterocycles. The first-order valence-electron chi connectivity index (χ1n) is 4.38. The van der Waals surface area contributed by atoms with Gasteiger partial charge >= 0.3 is 5.97 Å². The molecule has 4 heteroatoms. The summed E-state index contributed by atoms with van der Waals surface area (Å²) in [6.45, 7) is 1.57. The maximum Gasteiger partial charge on any atom is 0.303 e. The zero-order valence-electron chi connectivity index (χ0n) is 7.97. The van der Waals surface area contributed by atoms with E-state index < -0.39 is 11.6 Å². The van der Waals surface area contributed by atoms with Crippen LogP contribution in [0, 0.1) is 0 Å². The van der Waals surface area contributed by atoms with Gasteiger partial charge in [0.25, 0.3) is 0 Å². The Morgan fingerprint density at radius 2 is 2.29 bits per heavy atom. The number of hydrogen-bond acceptors (Lipinski definition) is 3. The monoisotopic (exact) mass is 195 g/mol. The molecule has 2 N–H and O–H groups in total. The third-order valence-corrected chi connectivity index (χ3v) is 2.04. The maximum absolute atomic E-state index is 10.3. The molecule has 1 unspecified atom stereocenters. The highest BCUT2D eigenvalue weighted by Crippen LogP contribution is 2.23. The summed E-state index contributed by atoms with van der Waals surface area (Å²) in [5.41, 5.74) is -0.666. The zero-order chi connectivity index (χ0) is 10.6. The SMILES string of the molecule is CC(O)(CCC(=O)O)c1ccccn1. The molecule has 0 saturated carbocycles. The quantitative estimate of drug-likeness (QED) is 0.756. The van der Waals surface area contributed by atoms with Gasteiger partial charge in [0.1, 0.15) is 5.60 Å². The average Bonchev–Trinajstić information content (AvgIpc) is 2.16. The van der Waals surface area contributed by atoms with E-state index in [1.54, 1.807) is 31.3 Å². The molecule has 0 fully saturated rings. The lowest BCUT2D eigenvalue weighted by Gasteiger charge is -2.21. The molecular weight excluding hydrogens is 182 g/mol. The van der Waals surface area contributed by atoms with Crippen molar-refractivity contribution < 1.29 is 15.0 Å². The third-order valence-electron chi connectivity index (χ3n) is 2.04. The Labute approximate surface area is 82.2 Å². The van der Waals surface area contributed by atoms with Crippen LogP contribution in [0.15, 0.2) is 24.4 Å². The lowest BCUT2D eigenvalue weighted by molar-refractivity contribution is -0.138. The standard InChI is InChI=1S/C10H13NO3/c1-10(14,6-5-9(12)13)8-4-2-3-7-11-8/h2-4,7,14H,5-6H2,1H3,(H,12,13). The van der Waals surface area contributed by atoms with Crippen molar-refractivity contribution in [1.29, 1.82) is 0 Å². The predicted octanol–water partition coefficient (Wildman–Crippen LogP) is 1.15. The number of carboxylic acid groups (broad SMARTS) is 1. The lowest BCUT2D eigenvalue weighted by atomic mass is 9.96. The van der Waals surface area contributed by atoms with Gasteiger partial charge in [0.05, 0.1) is 5.69 Å². The fourth-order valence-corrected chi connectivity index (χ4v) is 1.16. The van der Waals surface area contributed by atoms with E-state index in [2.05, 4.69) is 4.98 Å². The minimum absolute atomic E-state index is 0.0659. The van der Waals surface area contributed by atoms with Crippen molar-refractivity contribution in [2.75, 3.05) is 0 Å². The molecule has 1 aromatic rings. The number of aromatic nitrogens is 1. The smallest absolute Gasteiger partial charge is 0.303 e. The van der Waals surface area contributed by atoms with E-state index in [0.29, 0.717) is 5.69 Å². The number of rotatable bonds is 4. The molecule has 0 aliphatic carbocycles. The van der Waals surface area contributed by atoms with Crippen molar-refractivity contribution in [3.05, 3.63) is 30.1 Å². The number of carboxylic acids is 1. The summed E-state index contributed by atoms with van der Waals surface area (Å²) >= 11 is 0. The first kappa shape index (κ1) is 10.7. The average molecular weight is 195 g/mol. The normalized spacial score (nSPS) is 14.7. The highest BCUT2D eigenvalue weighted by molar-refractivity contribution is 5.66. The van der Waals surface area contributed by atoms with Gasteiger partial charge < -0.3 is 10.2 Å². The van der Waals surface area contributed by atoms with E-state index in [9.17, 15) is 9.90 Å². The Bertz CT molecular complexity index is 308. The number of pyridine rings is 1. The molecule has 1 rings (SSSR count). The Morgan fingerprint density at radius 1 is 1.57 bits per heavy atom. The van der Waals surface area contributed by atoms with Crippen LogP contribution in [0.25, 0.3) is 0 Å². The molecule has 0 aliphatic heterocycles. The Hall–Kier alpha value is -1.42. The highest BCUT2D eigenvalue weighted by atomic mass is 16.4. The van der Waals surface area contributed by atoms with Gasteiger partial charge in [-0.1, -0.05) is 6.07 Å². The molecule has 0 amide bonds. The van der Waals surface area contributed by atoms with Crippen LogP contribution in [0.3, 0.4) is 0 Å². The van der Waals surface area contributed by atoms with Gasteiger partial charge in [-0.2, -0.15) is 0 Å². The van der Waals surface area contributed by atoms with E-state index in [1.165, 1.54) is 0 Å². The first-order chi connectivity index (χ1) is 6.52. The van der Waals surface area contributed by atoms with Gasteiger partial charge in [-0.3, -0.25) is 9.78 Å². The third kappa shape index (κ3) is 2.81. The molecule has 14 heavy (non-hydrogen) atoms. The van der Waals surface area contributed by atoms with E-state index in [4.69, 9.17) is 5.11 Å². The van der Waals surface area contributed by atoms with Gasteiger partial charge in [0.2, 0.25) is 0 Å². The maximum atomic E-state index is 10.3. The second-order valence-electron chi connectivity index (χ2n) is 3.38. The molecule has 0 aliphatic rings. The first-order valence-corrected chi connectivity index (χ1v) is 4.38. The molecule has 0 spiro atoms. The number of nitrogens with zero attached hydrogens (tertiary/aromatic N) is 1. The number of hydrogen-bond donors (Lipinski definition) is 2. The van der Waals surface area contributed by atoms with Gasteiger partial charge in [-0.05, 0) is 25.5 Å². The Balaban J connectivity index is 2.70. The van der Waals surface area contributed by atoms with E-state index in [1.807, 2.05) is 0 Å². The van der Waals surface area contributed by atoms with Crippen molar-refractivity contribution in [3.8, 4) is 0 Å². The minimum Gasteiger partial charge on any atom is -0.481 e. The van der Waals surface area contributed by atoms with Gasteiger partial charge in [-0.15, -0.1) is 0 Å². The number of aliphatic hydroxyl groups is 1. The summed E-state index contributed by atoms with van der Waals surface area (Å²) in [6.07, 6.45) is 1.67. The topological polar surface area (TPSA) is 70.4 Å². The summed E-state index contributed by atoms with van der Waals surface area (Å²) in [5.74, 6) is -0.916. The van der Waals surface area contributed by atoms with Crippen molar-refractivity contribution in [1.82, 2.24) is 4.98 Å². The van der Waals surface area contributed by atoms with E-state index >= 15 is 0 Å². The Morgan fingerprint density at radius 3 is 2.79 bits per heavy atom. The molecule has 1 heterocycles. The second-order valence-corrected chi connectivity index (χ2v) is 3.38. The van der Waals surface area contributed by atoms with Crippen molar-refractivity contribution >= 4 is 5.97 Å². The summed E-state index contributed by atoms with van der Waals surface area (Å²) in [6, 6.07) is 5.19. The summed E-state index contributed by atoms with van der Waals surface area (Å²) < 4.78 is 0. The molecule has 76 valence electrons. The fourth-order valence-electron chi connectivity index (χ4n) is 1.16. The van der Waals surface area contributed by atoms with E-state index in [0.717, 1.165) is 0 Å². The van der Waals surface area contributed by atoms with Crippen LogP contribution < -0.4 is 0 Å². The van der Waals surface area contributed by atoms with Crippen LogP contribution in [0.5, 0.6) is 0 Å². The van der Waals surface area contributed by atoms with Gasteiger partial charge in [-0.25, -0.2) is 0 Å². The fraction of sp³-hybridized carbons (Fsp3) is 0.400. The van der Waals surface area contributed by atoms with Gasteiger partial charge in [0, 0.05) is 12.6 Å². The van der Waals surface area contributed by atoms with Crippen molar-refractivity contribution in [2.45, 2.75) is 25.4 Å². The zero-order valence-corrected chi connectivity index (χ0v) is 7.97. The highest BCUT2D eigenvalue weighted by Gasteiger charge is 2.24. The molecule has 0 aromatic carbocycles. The molecular formula is C10H13NO3. The van der Waals surface area contributed by atoms with E-state index in [-0.39, 0.29) is 12.8 Å². The summed E-state index contributed by atoms with van der Waals surface area (Å²) in [5, 5.41) is 18.4. The molecule has 1 atom stereocenters. The van der Waals surface area contributed by atoms with Crippen LogP contribution in [-0.2, 0) is 10.4 Å². The minimum atomic E-state index is -1.17. The second kappa shape index (κ2) is 4.19. The molecule has 0 radical (unpaired) electrons. The van der Waals surface area contributed by atoms with Crippen LogP contribution in [-0.4, -0.2) is 21.2 Å². The number of carbonyl (C=O) groups is 1. The van der Waals surface area contributed by atoms with Crippen LogP contribution in [0.4, 0.5) is 0 Å². The molecule has 1 aromatic heterocycles. The van der Waals surface area contributed by atoms with Crippen LogP contribution in [0.2, 0.25) is 0 Å². The van der Waals surface area contributed by atoms with Crippen molar-refractivity contribution in [2.24, 2.45) is 0 Å². The summed E-state index contributed by atoms with van der Waals surface area (Å²) in [7, 11) is 0. The Kier molecular flexibility index (Phi) is 3.19. The lowest BCUT2D eigenvalue weighted by Crippen LogP contribution is -2.23. The molecule has 0 bridgehead atoms. The largest absolute Gasteiger partial charge is 0.481 e. The summed E-state index contributed by atoms with van der Waals surface area (Å²) in [4.78, 5) is 14.3. The predicted molar refractivity (Wildman–Crippen MR) is 50.7 cm³/mol. The van der Waals surface area contributed by atoms with Crippen LogP contribution in [0.1, 0.15) is 25.5 Å². The molecule has 4 nitrogen and oxygen atoms in total. The van der Waals surface area contributed by atoms with Crippen molar-refractivity contribution in [3.63, 3.8) is 0 Å². The van der Waals surface area contributed by atoms with Crippen LogP contribution >= 0.6 is 0 Å².